The number of aromatic nitrogens is 3. The van der Waals surface area contributed by atoms with Gasteiger partial charge in [-0.1, -0.05) is 29.8 Å². The van der Waals surface area contributed by atoms with E-state index in [-0.39, 0.29) is 27.6 Å². The van der Waals surface area contributed by atoms with Gasteiger partial charge in [-0.05, 0) is 72.6 Å². The van der Waals surface area contributed by atoms with Gasteiger partial charge in [-0.25, -0.2) is 27.2 Å². The Morgan fingerprint density at radius 1 is 0.816 bits per heavy atom. The standard InChI is InChI=1S/C27H20ClF2N5O2S/c1-16(17-2-5-20(29)6-3-17)33-26-15-31-23-11-4-18(12-24(23)34-26)19-13-25(27(28)32-14-19)35-38(36,37)22-9-7-21(30)8-10-22/h2-16,35H,1H3,(H,33,34). The number of benzene rings is 3. The van der Waals surface area contributed by atoms with Crippen LogP contribution >= 0.6 is 11.6 Å². The first-order valence-electron chi connectivity index (χ1n) is 11.4. The van der Waals surface area contributed by atoms with Crippen molar-refractivity contribution in [2.24, 2.45) is 0 Å². The van der Waals surface area contributed by atoms with E-state index >= 15 is 0 Å². The summed E-state index contributed by atoms with van der Waals surface area (Å²) in [6.45, 7) is 1.93. The van der Waals surface area contributed by atoms with Crippen LogP contribution in [-0.4, -0.2) is 23.4 Å². The van der Waals surface area contributed by atoms with E-state index in [0.29, 0.717) is 28.0 Å². The SMILES string of the molecule is CC(Nc1cnc2ccc(-c3cnc(Cl)c(NS(=O)(=O)c4ccc(F)cc4)c3)cc2n1)c1ccc(F)cc1. The molecule has 3 aromatic carbocycles. The smallest absolute Gasteiger partial charge is 0.261 e. The zero-order chi connectivity index (χ0) is 26.9. The van der Waals surface area contributed by atoms with Crippen LogP contribution < -0.4 is 10.0 Å². The van der Waals surface area contributed by atoms with Gasteiger partial charge in [0.2, 0.25) is 0 Å². The lowest BCUT2D eigenvalue weighted by molar-refractivity contribution is 0.599. The monoisotopic (exact) mass is 551 g/mol. The topological polar surface area (TPSA) is 96.9 Å². The molecule has 1 atom stereocenters. The molecule has 0 aliphatic heterocycles. The molecule has 0 amide bonds. The Hall–Kier alpha value is -4.15. The summed E-state index contributed by atoms with van der Waals surface area (Å²) in [5, 5.41) is 3.22. The summed E-state index contributed by atoms with van der Waals surface area (Å²) in [4.78, 5) is 13.1. The summed E-state index contributed by atoms with van der Waals surface area (Å²) < 4.78 is 54.4. The van der Waals surface area contributed by atoms with E-state index < -0.39 is 15.8 Å². The van der Waals surface area contributed by atoms with Crippen LogP contribution in [0.5, 0.6) is 0 Å². The molecule has 0 fully saturated rings. The van der Waals surface area contributed by atoms with Gasteiger partial charge in [0.1, 0.15) is 17.5 Å². The van der Waals surface area contributed by atoms with Crippen molar-refractivity contribution >= 4 is 44.2 Å². The molecule has 5 rings (SSSR count). The fourth-order valence-electron chi connectivity index (χ4n) is 3.81. The van der Waals surface area contributed by atoms with E-state index in [0.717, 1.165) is 29.8 Å². The van der Waals surface area contributed by atoms with Gasteiger partial charge in [-0.3, -0.25) is 9.71 Å². The summed E-state index contributed by atoms with van der Waals surface area (Å²) in [6.07, 6.45) is 3.14. The summed E-state index contributed by atoms with van der Waals surface area (Å²) in [7, 11) is -4.02. The van der Waals surface area contributed by atoms with E-state index in [1.165, 1.54) is 18.3 Å². The second-order valence-corrected chi connectivity index (χ2v) is 10.5. The maximum Gasteiger partial charge on any atom is 0.261 e. The number of hydrogen-bond acceptors (Lipinski definition) is 6. The Balaban J connectivity index is 1.42. The highest BCUT2D eigenvalue weighted by atomic mass is 35.5. The summed E-state index contributed by atoms with van der Waals surface area (Å²) in [6, 6.07) is 17.5. The fourth-order valence-corrected chi connectivity index (χ4v) is 5.08. The van der Waals surface area contributed by atoms with E-state index in [1.54, 1.807) is 36.5 Å². The average Bonchev–Trinajstić information content (AvgIpc) is 2.90. The lowest BCUT2D eigenvalue weighted by atomic mass is 10.1. The number of fused-ring (bicyclic) bond motifs is 1. The highest BCUT2D eigenvalue weighted by Crippen LogP contribution is 2.30. The molecule has 1 unspecified atom stereocenters. The minimum atomic E-state index is -4.02. The minimum absolute atomic E-state index is 0.0405. The molecule has 0 bridgehead atoms. The first-order valence-corrected chi connectivity index (χ1v) is 13.3. The fraction of sp³-hybridized carbons (Fsp3) is 0.0741. The van der Waals surface area contributed by atoms with Crippen molar-refractivity contribution in [3.8, 4) is 11.1 Å². The van der Waals surface area contributed by atoms with Gasteiger partial charge in [-0.2, -0.15) is 0 Å². The van der Waals surface area contributed by atoms with Crippen molar-refractivity contribution in [3.05, 3.63) is 108 Å². The number of nitrogens with one attached hydrogen (secondary N) is 2. The Morgan fingerprint density at radius 2 is 1.50 bits per heavy atom. The second kappa shape index (κ2) is 10.3. The highest BCUT2D eigenvalue weighted by molar-refractivity contribution is 7.92. The van der Waals surface area contributed by atoms with Crippen LogP contribution in [0.1, 0.15) is 18.5 Å². The molecule has 38 heavy (non-hydrogen) atoms. The predicted octanol–water partition coefficient (Wildman–Crippen LogP) is 6.60. The van der Waals surface area contributed by atoms with Gasteiger partial charge in [-0.15, -0.1) is 0 Å². The van der Waals surface area contributed by atoms with Crippen molar-refractivity contribution in [1.29, 1.82) is 0 Å². The number of pyridine rings is 1. The summed E-state index contributed by atoms with van der Waals surface area (Å²) in [5.74, 6) is -0.316. The molecule has 192 valence electrons. The van der Waals surface area contributed by atoms with Gasteiger partial charge in [0, 0.05) is 17.8 Å². The third kappa shape index (κ3) is 5.56. The van der Waals surface area contributed by atoms with E-state index in [1.807, 2.05) is 13.0 Å². The molecule has 11 heteroatoms. The molecule has 0 aliphatic rings. The maximum absolute atomic E-state index is 13.2. The Labute approximate surface area is 222 Å². The third-order valence-electron chi connectivity index (χ3n) is 5.82. The molecule has 0 saturated heterocycles. The Kier molecular flexibility index (Phi) is 6.92. The van der Waals surface area contributed by atoms with Crippen LogP contribution in [0.4, 0.5) is 20.3 Å². The first-order chi connectivity index (χ1) is 18.2. The van der Waals surface area contributed by atoms with Crippen molar-refractivity contribution < 1.29 is 17.2 Å². The Morgan fingerprint density at radius 3 is 2.21 bits per heavy atom. The van der Waals surface area contributed by atoms with Crippen molar-refractivity contribution in [2.45, 2.75) is 17.9 Å². The molecule has 5 aromatic rings. The third-order valence-corrected chi connectivity index (χ3v) is 7.50. The van der Waals surface area contributed by atoms with Crippen LogP contribution in [0, 0.1) is 11.6 Å². The van der Waals surface area contributed by atoms with Crippen molar-refractivity contribution in [1.82, 2.24) is 15.0 Å². The molecule has 2 aromatic heterocycles. The molecule has 0 spiro atoms. The van der Waals surface area contributed by atoms with Crippen LogP contribution in [-0.2, 0) is 10.0 Å². The maximum atomic E-state index is 13.2. The molecule has 7 nitrogen and oxygen atoms in total. The van der Waals surface area contributed by atoms with Gasteiger partial charge in [0.15, 0.2) is 5.15 Å². The summed E-state index contributed by atoms with van der Waals surface area (Å²) in [5.41, 5.74) is 3.53. The number of hydrogen-bond donors (Lipinski definition) is 2. The van der Waals surface area contributed by atoms with Gasteiger partial charge >= 0.3 is 0 Å². The van der Waals surface area contributed by atoms with Crippen LogP contribution in [0.3, 0.4) is 0 Å². The van der Waals surface area contributed by atoms with Crippen LogP contribution in [0.15, 0.2) is 90.1 Å². The zero-order valence-electron chi connectivity index (χ0n) is 19.9. The second-order valence-electron chi connectivity index (χ2n) is 8.50. The van der Waals surface area contributed by atoms with E-state index in [9.17, 15) is 17.2 Å². The Bertz CT molecular complexity index is 1730. The van der Waals surface area contributed by atoms with Crippen LogP contribution in [0.2, 0.25) is 5.15 Å². The highest BCUT2D eigenvalue weighted by Gasteiger charge is 2.17. The number of sulfonamides is 1. The minimum Gasteiger partial charge on any atom is -0.362 e. The number of halogens is 3. The largest absolute Gasteiger partial charge is 0.362 e. The predicted molar refractivity (Wildman–Crippen MR) is 143 cm³/mol. The quantitative estimate of drug-likeness (QED) is 0.221. The van der Waals surface area contributed by atoms with Crippen molar-refractivity contribution in [3.63, 3.8) is 0 Å². The number of anilines is 2. The molecular weight excluding hydrogens is 532 g/mol. The van der Waals surface area contributed by atoms with Gasteiger partial charge in [0.05, 0.1) is 27.8 Å². The molecule has 2 heterocycles. The molecule has 0 saturated carbocycles. The number of nitrogens with zero attached hydrogens (tertiary/aromatic N) is 3. The average molecular weight is 552 g/mol. The zero-order valence-corrected chi connectivity index (χ0v) is 21.4. The molecule has 0 aliphatic carbocycles. The van der Waals surface area contributed by atoms with Crippen molar-refractivity contribution in [2.75, 3.05) is 10.0 Å². The molecular formula is C27H20ClF2N5O2S. The van der Waals surface area contributed by atoms with E-state index in [4.69, 9.17) is 11.6 Å². The first kappa shape index (κ1) is 25.5. The lowest BCUT2D eigenvalue weighted by Crippen LogP contribution is -2.13. The molecule has 2 N–H and O–H groups in total. The molecule has 0 radical (unpaired) electrons. The summed E-state index contributed by atoms with van der Waals surface area (Å²) >= 11 is 6.18. The lowest BCUT2D eigenvalue weighted by Gasteiger charge is -2.15. The normalized spacial score (nSPS) is 12.3. The van der Waals surface area contributed by atoms with Gasteiger partial charge in [0.25, 0.3) is 10.0 Å². The van der Waals surface area contributed by atoms with Gasteiger partial charge < -0.3 is 5.32 Å². The van der Waals surface area contributed by atoms with Crippen LogP contribution in [0.25, 0.3) is 22.2 Å². The number of rotatable bonds is 7. The van der Waals surface area contributed by atoms with E-state index in [2.05, 4.69) is 25.0 Å².